The van der Waals surface area contributed by atoms with Gasteiger partial charge in [0.15, 0.2) is 0 Å². The van der Waals surface area contributed by atoms with Gasteiger partial charge in [-0.2, -0.15) is 13.2 Å². The summed E-state index contributed by atoms with van der Waals surface area (Å²) in [5.74, 6) is -1.37. The zero-order valence-electron chi connectivity index (χ0n) is 8.34. The van der Waals surface area contributed by atoms with Crippen LogP contribution in [-0.4, -0.2) is 26.9 Å². The van der Waals surface area contributed by atoms with E-state index in [9.17, 15) is 21.6 Å². The Hall–Kier alpha value is -0.300. The van der Waals surface area contributed by atoms with Gasteiger partial charge < -0.3 is 0 Å². The molecule has 1 rings (SSSR count). The van der Waals surface area contributed by atoms with Crippen LogP contribution in [0.2, 0.25) is 0 Å². The smallest absolute Gasteiger partial charge is 0.213 e. The van der Waals surface area contributed by atoms with Crippen LogP contribution in [-0.2, 0) is 10.0 Å². The molecule has 7 heteroatoms. The van der Waals surface area contributed by atoms with Crippen molar-refractivity contribution < 1.29 is 21.6 Å². The third-order valence-electron chi connectivity index (χ3n) is 2.52. The Morgan fingerprint density at radius 2 is 1.87 bits per heavy atom. The molecule has 0 aromatic rings. The Kier molecular flexibility index (Phi) is 3.65. The van der Waals surface area contributed by atoms with E-state index < -0.39 is 28.2 Å². The van der Waals surface area contributed by atoms with E-state index in [1.165, 1.54) is 0 Å². The van der Waals surface area contributed by atoms with Crippen LogP contribution in [0.25, 0.3) is 0 Å². The molecule has 15 heavy (non-hydrogen) atoms. The van der Waals surface area contributed by atoms with Crippen LogP contribution in [0.15, 0.2) is 0 Å². The maximum atomic E-state index is 12.4. The highest BCUT2D eigenvalue weighted by atomic mass is 32.2. The van der Waals surface area contributed by atoms with E-state index in [0.717, 1.165) is 6.26 Å². The summed E-state index contributed by atoms with van der Waals surface area (Å²) in [5, 5.41) is 0. The Balaban J connectivity index is 2.57. The summed E-state index contributed by atoms with van der Waals surface area (Å²) >= 11 is 0. The standard InChI is InChI=1S/C8H14F3NO2S/c1-15(13,14)12-7-4-2-3-6(5-7)8(9,10)11/h6-7,12H,2-5H2,1H3/t6-,7+/m0/s1. The first kappa shape index (κ1) is 12.8. The van der Waals surface area contributed by atoms with Crippen LogP contribution >= 0.6 is 0 Å². The van der Waals surface area contributed by atoms with Crippen molar-refractivity contribution in [2.45, 2.75) is 37.9 Å². The molecule has 2 atom stereocenters. The van der Waals surface area contributed by atoms with Gasteiger partial charge >= 0.3 is 6.18 Å². The highest BCUT2D eigenvalue weighted by Crippen LogP contribution is 2.37. The normalized spacial score (nSPS) is 29.1. The molecule has 0 radical (unpaired) electrons. The number of nitrogens with one attached hydrogen (secondary N) is 1. The number of alkyl halides is 3. The number of hydrogen-bond acceptors (Lipinski definition) is 2. The van der Waals surface area contributed by atoms with Crippen LogP contribution in [0, 0.1) is 5.92 Å². The van der Waals surface area contributed by atoms with Gasteiger partial charge in [0.05, 0.1) is 12.2 Å². The van der Waals surface area contributed by atoms with E-state index >= 15 is 0 Å². The van der Waals surface area contributed by atoms with E-state index in [1.807, 2.05) is 0 Å². The number of halogens is 3. The number of rotatable bonds is 2. The minimum Gasteiger partial charge on any atom is -0.213 e. The monoisotopic (exact) mass is 245 g/mol. The minimum atomic E-state index is -4.21. The van der Waals surface area contributed by atoms with E-state index in [0.29, 0.717) is 12.8 Å². The Labute approximate surface area is 87.1 Å². The summed E-state index contributed by atoms with van der Waals surface area (Å²) < 4.78 is 61.1. The Morgan fingerprint density at radius 1 is 1.27 bits per heavy atom. The molecule has 1 saturated carbocycles. The van der Waals surface area contributed by atoms with Gasteiger partial charge in [0.1, 0.15) is 0 Å². The molecule has 3 nitrogen and oxygen atoms in total. The fourth-order valence-corrected chi connectivity index (χ4v) is 2.72. The second-order valence-corrected chi connectivity index (χ2v) is 5.77. The van der Waals surface area contributed by atoms with Gasteiger partial charge in [0.25, 0.3) is 0 Å². The minimum absolute atomic E-state index is 0.103. The molecule has 0 heterocycles. The van der Waals surface area contributed by atoms with Crippen LogP contribution in [0.1, 0.15) is 25.7 Å². The molecule has 90 valence electrons. The second-order valence-electron chi connectivity index (χ2n) is 3.99. The Morgan fingerprint density at radius 3 is 2.33 bits per heavy atom. The molecule has 0 saturated heterocycles. The average Bonchev–Trinajstić information content (AvgIpc) is 1.99. The van der Waals surface area contributed by atoms with Gasteiger partial charge in [-0.3, -0.25) is 0 Å². The lowest BCUT2D eigenvalue weighted by Crippen LogP contribution is -2.41. The first-order valence-corrected chi connectivity index (χ1v) is 6.61. The molecule has 0 amide bonds. The van der Waals surface area contributed by atoms with Crippen LogP contribution < -0.4 is 4.72 Å². The molecule has 0 bridgehead atoms. The van der Waals surface area contributed by atoms with Crippen LogP contribution in [0.4, 0.5) is 13.2 Å². The SMILES string of the molecule is CS(=O)(=O)N[C@@H]1CCC[C@H](C(F)(F)F)C1. The molecule has 0 aromatic carbocycles. The molecule has 0 spiro atoms. The summed E-state index contributed by atoms with van der Waals surface area (Å²) in [4.78, 5) is 0. The summed E-state index contributed by atoms with van der Waals surface area (Å²) in [6, 6.07) is -0.569. The summed E-state index contributed by atoms with van der Waals surface area (Å²) in [5.41, 5.74) is 0. The van der Waals surface area contributed by atoms with Crippen molar-refractivity contribution in [1.82, 2.24) is 4.72 Å². The van der Waals surface area contributed by atoms with E-state index in [-0.39, 0.29) is 12.8 Å². The van der Waals surface area contributed by atoms with Gasteiger partial charge in [-0.25, -0.2) is 13.1 Å². The molecule has 1 aliphatic carbocycles. The van der Waals surface area contributed by atoms with Crippen molar-refractivity contribution >= 4 is 10.0 Å². The van der Waals surface area contributed by atoms with Gasteiger partial charge in [-0.05, 0) is 19.3 Å². The van der Waals surface area contributed by atoms with Gasteiger partial charge in [-0.1, -0.05) is 6.42 Å². The van der Waals surface area contributed by atoms with E-state index in [1.54, 1.807) is 0 Å². The number of hydrogen-bond donors (Lipinski definition) is 1. The molecule has 0 aromatic heterocycles. The van der Waals surface area contributed by atoms with E-state index in [2.05, 4.69) is 4.72 Å². The lowest BCUT2D eigenvalue weighted by Gasteiger charge is -2.30. The number of sulfonamides is 1. The molecule has 1 fully saturated rings. The Bertz CT molecular complexity index is 312. The van der Waals surface area contributed by atoms with Crippen molar-refractivity contribution in [1.29, 1.82) is 0 Å². The maximum Gasteiger partial charge on any atom is 0.391 e. The average molecular weight is 245 g/mol. The van der Waals surface area contributed by atoms with Crippen molar-refractivity contribution in [3.8, 4) is 0 Å². The predicted octanol–water partition coefficient (Wildman–Crippen LogP) is 1.66. The summed E-state index contributed by atoms with van der Waals surface area (Å²) in [6.45, 7) is 0. The van der Waals surface area contributed by atoms with Crippen LogP contribution in [0.3, 0.4) is 0 Å². The molecular weight excluding hydrogens is 231 g/mol. The zero-order valence-corrected chi connectivity index (χ0v) is 9.16. The van der Waals surface area contributed by atoms with Crippen LogP contribution in [0.5, 0.6) is 0 Å². The van der Waals surface area contributed by atoms with Gasteiger partial charge in [0, 0.05) is 6.04 Å². The molecule has 0 unspecified atom stereocenters. The zero-order chi connectivity index (χ0) is 11.7. The maximum absolute atomic E-state index is 12.4. The third-order valence-corrected chi connectivity index (χ3v) is 3.28. The largest absolute Gasteiger partial charge is 0.391 e. The highest BCUT2D eigenvalue weighted by molar-refractivity contribution is 7.88. The molecular formula is C8H14F3NO2S. The third kappa shape index (κ3) is 4.38. The molecule has 1 aliphatic rings. The van der Waals surface area contributed by atoms with E-state index in [4.69, 9.17) is 0 Å². The first-order valence-electron chi connectivity index (χ1n) is 4.72. The quantitative estimate of drug-likeness (QED) is 0.804. The fourth-order valence-electron chi connectivity index (χ4n) is 1.90. The van der Waals surface area contributed by atoms with Crippen molar-refractivity contribution in [2.24, 2.45) is 5.92 Å². The molecule has 0 aliphatic heterocycles. The molecule has 1 N–H and O–H groups in total. The van der Waals surface area contributed by atoms with Gasteiger partial charge in [-0.15, -0.1) is 0 Å². The lowest BCUT2D eigenvalue weighted by atomic mass is 9.86. The lowest BCUT2D eigenvalue weighted by molar-refractivity contribution is -0.183. The topological polar surface area (TPSA) is 46.2 Å². The predicted molar refractivity (Wildman–Crippen MR) is 49.8 cm³/mol. The second kappa shape index (κ2) is 4.29. The van der Waals surface area contributed by atoms with Crippen molar-refractivity contribution in [2.75, 3.05) is 6.26 Å². The highest BCUT2D eigenvalue weighted by Gasteiger charge is 2.42. The first-order chi connectivity index (χ1) is 6.68. The van der Waals surface area contributed by atoms with Crippen molar-refractivity contribution in [3.05, 3.63) is 0 Å². The van der Waals surface area contributed by atoms with Gasteiger partial charge in [0.2, 0.25) is 10.0 Å². The van der Waals surface area contributed by atoms with Crippen molar-refractivity contribution in [3.63, 3.8) is 0 Å². The summed E-state index contributed by atoms with van der Waals surface area (Å²) in [7, 11) is -3.41. The summed E-state index contributed by atoms with van der Waals surface area (Å²) in [6.07, 6.45) is -2.39. The fraction of sp³-hybridized carbons (Fsp3) is 1.00.